The van der Waals surface area contributed by atoms with Crippen LogP contribution in [0.4, 0.5) is 0 Å². The predicted molar refractivity (Wildman–Crippen MR) is 104 cm³/mol. The van der Waals surface area contributed by atoms with Crippen molar-refractivity contribution in [2.75, 3.05) is 0 Å². The summed E-state index contributed by atoms with van der Waals surface area (Å²) in [5.74, 6) is 0. The molecule has 2 aliphatic heterocycles. The number of hydrogen-bond donors (Lipinski definition) is 0. The first-order chi connectivity index (χ1) is 11.0. The van der Waals surface area contributed by atoms with Gasteiger partial charge in [0.15, 0.2) is 0 Å². The molecule has 0 radical (unpaired) electrons. The minimum atomic E-state index is 0.432. The molecule has 0 unspecified atom stereocenters. The van der Waals surface area contributed by atoms with Crippen LogP contribution in [-0.2, 0) is 0 Å². The fourth-order valence-corrected chi connectivity index (χ4v) is 7.57. The van der Waals surface area contributed by atoms with Crippen molar-refractivity contribution in [3.63, 3.8) is 0 Å². The summed E-state index contributed by atoms with van der Waals surface area (Å²) in [6, 6.07) is 9.67. The van der Waals surface area contributed by atoms with Gasteiger partial charge in [-0.15, -0.1) is 0 Å². The molecule has 0 fully saturated rings. The molecule has 0 atom stereocenters. The molecule has 0 spiro atoms. The maximum atomic E-state index is 9.21. The SMILES string of the molecule is CC1=C(C)SC(=C2SC(C)=C(c3ccc(C#N)c(C#N)c3)S2)S1. The summed E-state index contributed by atoms with van der Waals surface area (Å²) in [7, 11) is 0. The maximum absolute atomic E-state index is 9.21. The topological polar surface area (TPSA) is 47.6 Å². The second-order valence-corrected chi connectivity index (χ2v) is 10.2. The first kappa shape index (κ1) is 16.7. The molecule has 2 heterocycles. The summed E-state index contributed by atoms with van der Waals surface area (Å²) in [6.07, 6.45) is 0. The number of allylic oxidation sites excluding steroid dienone is 3. The molecule has 2 aliphatic rings. The second-order valence-electron chi connectivity index (χ2n) is 4.96. The van der Waals surface area contributed by atoms with Gasteiger partial charge in [0.2, 0.25) is 0 Å². The summed E-state index contributed by atoms with van der Waals surface area (Å²) < 4.78 is 2.66. The Morgan fingerprint density at radius 2 is 1.30 bits per heavy atom. The van der Waals surface area contributed by atoms with E-state index in [1.54, 1.807) is 29.6 Å². The van der Waals surface area contributed by atoms with Gasteiger partial charge >= 0.3 is 0 Å². The van der Waals surface area contributed by atoms with Crippen LogP contribution in [-0.4, -0.2) is 0 Å². The van der Waals surface area contributed by atoms with Gasteiger partial charge in [0.25, 0.3) is 0 Å². The molecule has 0 saturated heterocycles. The molecule has 3 rings (SSSR count). The van der Waals surface area contributed by atoms with E-state index in [9.17, 15) is 5.26 Å². The highest BCUT2D eigenvalue weighted by molar-refractivity contribution is 8.35. The third-order valence-corrected chi connectivity index (χ3v) is 9.25. The maximum Gasteiger partial charge on any atom is 0.101 e. The predicted octanol–water partition coefficient (Wildman–Crippen LogP) is 6.46. The molecular weight excluding hydrogens is 360 g/mol. The highest BCUT2D eigenvalue weighted by atomic mass is 32.2. The highest BCUT2D eigenvalue weighted by Crippen LogP contribution is 2.61. The van der Waals surface area contributed by atoms with Gasteiger partial charge in [-0.05, 0) is 48.3 Å². The van der Waals surface area contributed by atoms with Gasteiger partial charge < -0.3 is 0 Å². The molecule has 0 saturated carbocycles. The van der Waals surface area contributed by atoms with Crippen LogP contribution < -0.4 is 0 Å². The highest BCUT2D eigenvalue weighted by Gasteiger charge is 2.26. The van der Waals surface area contributed by atoms with E-state index in [0.717, 1.165) is 5.56 Å². The lowest BCUT2D eigenvalue weighted by Crippen LogP contribution is -1.87. The zero-order valence-corrected chi connectivity index (χ0v) is 16.0. The van der Waals surface area contributed by atoms with Crippen molar-refractivity contribution in [2.45, 2.75) is 20.8 Å². The van der Waals surface area contributed by atoms with Crippen LogP contribution in [0, 0.1) is 22.7 Å². The molecule has 23 heavy (non-hydrogen) atoms. The Hall–Kier alpha value is -1.18. The van der Waals surface area contributed by atoms with E-state index >= 15 is 0 Å². The van der Waals surface area contributed by atoms with Crippen LogP contribution in [0.3, 0.4) is 0 Å². The summed E-state index contributed by atoms with van der Waals surface area (Å²) in [6.45, 7) is 6.43. The Morgan fingerprint density at radius 1 is 0.739 bits per heavy atom. The van der Waals surface area contributed by atoms with Crippen molar-refractivity contribution in [3.05, 3.63) is 58.1 Å². The van der Waals surface area contributed by atoms with E-state index in [-0.39, 0.29) is 0 Å². The number of nitriles is 2. The van der Waals surface area contributed by atoms with Gasteiger partial charge in [0.05, 0.1) is 19.6 Å². The van der Waals surface area contributed by atoms with Gasteiger partial charge in [-0.3, -0.25) is 0 Å². The van der Waals surface area contributed by atoms with Crippen LogP contribution in [0.1, 0.15) is 37.5 Å². The van der Waals surface area contributed by atoms with Crippen LogP contribution in [0.25, 0.3) is 4.91 Å². The molecule has 0 bridgehead atoms. The van der Waals surface area contributed by atoms with Gasteiger partial charge in [-0.1, -0.05) is 53.1 Å². The first-order valence-electron chi connectivity index (χ1n) is 6.82. The van der Waals surface area contributed by atoms with Crippen LogP contribution >= 0.6 is 47.0 Å². The van der Waals surface area contributed by atoms with Crippen molar-refractivity contribution >= 4 is 52.0 Å². The van der Waals surface area contributed by atoms with E-state index in [4.69, 9.17) is 5.26 Å². The van der Waals surface area contributed by atoms with E-state index in [2.05, 4.69) is 32.9 Å². The summed E-state index contributed by atoms with van der Waals surface area (Å²) in [5.41, 5.74) is 1.89. The first-order valence-corrected chi connectivity index (χ1v) is 10.1. The molecule has 6 heteroatoms. The summed E-state index contributed by atoms with van der Waals surface area (Å²) in [5, 5.41) is 18.3. The molecule has 1 aromatic carbocycles. The standard InChI is InChI=1S/C17H12N2S4/c1-9-10(2)21-16(20-9)17-22-11(3)15(23-17)12-4-5-13(7-18)14(6-12)8-19/h4-6H,1-3H3. The zero-order valence-electron chi connectivity index (χ0n) is 12.8. The molecule has 0 aliphatic carbocycles. The normalized spacial score (nSPS) is 17.8. The molecule has 1 aromatic rings. The second kappa shape index (κ2) is 6.75. The Bertz CT molecular complexity index is 863. The molecule has 0 N–H and O–H groups in total. The average molecular weight is 373 g/mol. The Balaban J connectivity index is 1.92. The summed E-state index contributed by atoms with van der Waals surface area (Å²) >= 11 is 7.25. The number of hydrogen-bond acceptors (Lipinski definition) is 6. The molecule has 114 valence electrons. The lowest BCUT2D eigenvalue weighted by molar-refractivity contribution is 1.42. The molecule has 2 nitrogen and oxygen atoms in total. The quantitative estimate of drug-likeness (QED) is 0.564. The molecular formula is C17H12N2S4. The van der Waals surface area contributed by atoms with Crippen molar-refractivity contribution in [1.82, 2.24) is 0 Å². The fraction of sp³-hybridized carbons (Fsp3) is 0.176. The van der Waals surface area contributed by atoms with Gasteiger partial charge in [0, 0.05) is 9.81 Å². The lowest BCUT2D eigenvalue weighted by atomic mass is 10.1. The minimum absolute atomic E-state index is 0.432. The van der Waals surface area contributed by atoms with E-state index < -0.39 is 0 Å². The minimum Gasteiger partial charge on any atom is -0.192 e. The van der Waals surface area contributed by atoms with Crippen molar-refractivity contribution < 1.29 is 0 Å². The monoisotopic (exact) mass is 372 g/mol. The Labute approximate surface area is 153 Å². The van der Waals surface area contributed by atoms with Gasteiger partial charge in [-0.2, -0.15) is 10.5 Å². The lowest BCUT2D eigenvalue weighted by Gasteiger charge is -2.05. The summed E-state index contributed by atoms with van der Waals surface area (Å²) in [4.78, 5) is 5.17. The Kier molecular flexibility index (Phi) is 4.89. The van der Waals surface area contributed by atoms with E-state index in [1.165, 1.54) is 28.1 Å². The van der Waals surface area contributed by atoms with Crippen molar-refractivity contribution in [3.8, 4) is 12.1 Å². The fourth-order valence-electron chi connectivity index (χ4n) is 2.12. The number of thioether (sulfide) groups is 4. The smallest absolute Gasteiger partial charge is 0.101 e. The van der Waals surface area contributed by atoms with Crippen molar-refractivity contribution in [1.29, 1.82) is 10.5 Å². The number of rotatable bonds is 1. The number of benzene rings is 1. The van der Waals surface area contributed by atoms with Crippen LogP contribution in [0.5, 0.6) is 0 Å². The zero-order chi connectivity index (χ0) is 16.6. The van der Waals surface area contributed by atoms with Gasteiger partial charge in [-0.25, -0.2) is 0 Å². The van der Waals surface area contributed by atoms with E-state index in [0.29, 0.717) is 11.1 Å². The van der Waals surface area contributed by atoms with Crippen LogP contribution in [0.2, 0.25) is 0 Å². The number of nitrogens with zero attached hydrogens (tertiary/aromatic N) is 2. The van der Waals surface area contributed by atoms with Crippen LogP contribution in [0.15, 0.2) is 41.4 Å². The van der Waals surface area contributed by atoms with Gasteiger partial charge in [0.1, 0.15) is 12.1 Å². The third kappa shape index (κ3) is 3.22. The Morgan fingerprint density at radius 3 is 1.91 bits per heavy atom. The van der Waals surface area contributed by atoms with Crippen molar-refractivity contribution in [2.24, 2.45) is 0 Å². The van der Waals surface area contributed by atoms with E-state index in [1.807, 2.05) is 35.7 Å². The third-order valence-electron chi connectivity index (χ3n) is 3.44. The molecule has 0 aromatic heterocycles. The largest absolute Gasteiger partial charge is 0.192 e. The molecule has 0 amide bonds. The average Bonchev–Trinajstić information content (AvgIpc) is 3.10.